The van der Waals surface area contributed by atoms with Crippen molar-refractivity contribution in [3.8, 4) is 11.5 Å². The van der Waals surface area contributed by atoms with Crippen LogP contribution in [0, 0.1) is 6.92 Å². The first-order valence-corrected chi connectivity index (χ1v) is 8.17. The number of phenolic OH excluding ortho intramolecular Hbond substituents is 1. The third kappa shape index (κ3) is 4.17. The lowest BCUT2D eigenvalue weighted by Gasteiger charge is -2.36. The van der Waals surface area contributed by atoms with E-state index in [1.54, 1.807) is 12.1 Å². The van der Waals surface area contributed by atoms with Crippen molar-refractivity contribution < 1.29 is 9.84 Å². The van der Waals surface area contributed by atoms with E-state index >= 15 is 0 Å². The maximum atomic E-state index is 9.37. The predicted octanol–water partition coefficient (Wildman–Crippen LogP) is 2.90. The van der Waals surface area contributed by atoms with Crippen molar-refractivity contribution in [3.05, 3.63) is 54.1 Å². The minimum atomic E-state index is 0.320. The maximum absolute atomic E-state index is 9.37. The van der Waals surface area contributed by atoms with Gasteiger partial charge >= 0.3 is 0 Å². The number of hydrogen-bond donors (Lipinski definition) is 1. The normalized spacial score (nSPS) is 15.6. The molecule has 1 N–H and O–H groups in total. The van der Waals surface area contributed by atoms with Crippen molar-refractivity contribution in [2.24, 2.45) is 0 Å². The van der Waals surface area contributed by atoms with Crippen molar-refractivity contribution in [3.63, 3.8) is 0 Å². The topological polar surface area (TPSA) is 35.9 Å². The van der Waals surface area contributed by atoms with Gasteiger partial charge in [-0.2, -0.15) is 0 Å². The molecule has 122 valence electrons. The van der Waals surface area contributed by atoms with Crippen molar-refractivity contribution in [1.82, 2.24) is 4.90 Å². The molecule has 0 aliphatic carbocycles. The molecule has 0 unspecified atom stereocenters. The van der Waals surface area contributed by atoms with Gasteiger partial charge in [0.15, 0.2) is 0 Å². The highest BCUT2D eigenvalue weighted by molar-refractivity contribution is 5.49. The van der Waals surface area contributed by atoms with Gasteiger partial charge < -0.3 is 14.7 Å². The largest absolute Gasteiger partial charge is 0.508 e. The summed E-state index contributed by atoms with van der Waals surface area (Å²) in [6.07, 6.45) is 0. The summed E-state index contributed by atoms with van der Waals surface area (Å²) in [5, 5.41) is 9.37. The average molecular weight is 312 g/mol. The zero-order valence-corrected chi connectivity index (χ0v) is 13.6. The van der Waals surface area contributed by atoms with Gasteiger partial charge in [0.25, 0.3) is 0 Å². The van der Waals surface area contributed by atoms with Crippen LogP contribution in [0.25, 0.3) is 0 Å². The fraction of sp³-hybridized carbons (Fsp3) is 0.368. The molecule has 3 rings (SSSR count). The van der Waals surface area contributed by atoms with Gasteiger partial charge in [0.2, 0.25) is 0 Å². The number of phenols is 1. The Morgan fingerprint density at radius 1 is 0.957 bits per heavy atom. The third-order valence-electron chi connectivity index (χ3n) is 4.35. The van der Waals surface area contributed by atoms with Crippen molar-refractivity contribution in [1.29, 1.82) is 0 Å². The van der Waals surface area contributed by atoms with Gasteiger partial charge in [-0.05, 0) is 42.8 Å². The SMILES string of the molecule is Cc1ccccc1OCCN1CCN(c2ccc(O)cc2)CC1. The third-order valence-corrected chi connectivity index (χ3v) is 4.35. The number of hydrogen-bond acceptors (Lipinski definition) is 4. The van der Waals surface area contributed by atoms with Crippen LogP contribution >= 0.6 is 0 Å². The Balaban J connectivity index is 1.43. The highest BCUT2D eigenvalue weighted by atomic mass is 16.5. The molecule has 4 heteroatoms. The summed E-state index contributed by atoms with van der Waals surface area (Å²) in [5.41, 5.74) is 2.36. The highest BCUT2D eigenvalue weighted by Gasteiger charge is 2.17. The molecule has 1 heterocycles. The van der Waals surface area contributed by atoms with Gasteiger partial charge in [-0.1, -0.05) is 18.2 Å². The van der Waals surface area contributed by atoms with Gasteiger partial charge in [-0.25, -0.2) is 0 Å². The lowest BCUT2D eigenvalue weighted by Crippen LogP contribution is -2.47. The van der Waals surface area contributed by atoms with E-state index in [0.717, 1.165) is 45.1 Å². The molecule has 2 aromatic rings. The maximum Gasteiger partial charge on any atom is 0.122 e. The molecule has 2 aromatic carbocycles. The van der Waals surface area contributed by atoms with Crippen LogP contribution in [0.15, 0.2) is 48.5 Å². The Labute approximate surface area is 137 Å². The molecule has 0 bridgehead atoms. The van der Waals surface area contributed by atoms with Gasteiger partial charge in [-0.15, -0.1) is 0 Å². The van der Waals surface area contributed by atoms with E-state index in [1.165, 1.54) is 11.3 Å². The van der Waals surface area contributed by atoms with Gasteiger partial charge in [-0.3, -0.25) is 4.90 Å². The number of aryl methyl sites for hydroxylation is 1. The molecule has 0 saturated carbocycles. The first kappa shape index (κ1) is 15.7. The Morgan fingerprint density at radius 3 is 2.35 bits per heavy atom. The second-order valence-electron chi connectivity index (χ2n) is 5.96. The van der Waals surface area contributed by atoms with Crippen LogP contribution in [0.5, 0.6) is 11.5 Å². The first-order chi connectivity index (χ1) is 11.2. The lowest BCUT2D eigenvalue weighted by molar-refractivity contribution is 0.200. The van der Waals surface area contributed by atoms with E-state index in [1.807, 2.05) is 30.3 Å². The van der Waals surface area contributed by atoms with Crippen LogP contribution < -0.4 is 9.64 Å². The Kier molecular flexibility index (Phi) is 5.03. The van der Waals surface area contributed by atoms with Gasteiger partial charge in [0, 0.05) is 38.4 Å². The van der Waals surface area contributed by atoms with Gasteiger partial charge in [0.1, 0.15) is 18.1 Å². The minimum absolute atomic E-state index is 0.320. The molecule has 1 aliphatic rings. The van der Waals surface area contributed by atoms with E-state index in [2.05, 4.69) is 22.8 Å². The van der Waals surface area contributed by atoms with Crippen molar-refractivity contribution in [2.75, 3.05) is 44.2 Å². The van der Waals surface area contributed by atoms with E-state index in [0.29, 0.717) is 5.75 Å². The Hall–Kier alpha value is -2.20. The summed E-state index contributed by atoms with van der Waals surface area (Å²) in [4.78, 5) is 4.80. The minimum Gasteiger partial charge on any atom is -0.508 e. The zero-order chi connectivity index (χ0) is 16.1. The molecule has 1 saturated heterocycles. The fourth-order valence-corrected chi connectivity index (χ4v) is 2.90. The molecule has 0 atom stereocenters. The van der Waals surface area contributed by atoms with E-state index in [4.69, 9.17) is 4.74 Å². The number of ether oxygens (including phenoxy) is 1. The average Bonchev–Trinajstić information content (AvgIpc) is 2.58. The number of para-hydroxylation sites is 1. The first-order valence-electron chi connectivity index (χ1n) is 8.17. The molecular formula is C19H24N2O2. The summed E-state index contributed by atoms with van der Waals surface area (Å²) in [7, 11) is 0. The molecule has 1 fully saturated rings. The molecule has 4 nitrogen and oxygen atoms in total. The van der Waals surface area contributed by atoms with Crippen molar-refractivity contribution in [2.45, 2.75) is 6.92 Å². The number of benzene rings is 2. The molecule has 1 aliphatic heterocycles. The number of piperazine rings is 1. The standard InChI is InChI=1S/C19H24N2O2/c1-16-4-2-3-5-19(16)23-15-14-20-10-12-21(13-11-20)17-6-8-18(22)9-7-17/h2-9,22H,10-15H2,1H3. The number of anilines is 1. The highest BCUT2D eigenvalue weighted by Crippen LogP contribution is 2.20. The van der Waals surface area contributed by atoms with Gasteiger partial charge in [0.05, 0.1) is 0 Å². The summed E-state index contributed by atoms with van der Waals surface area (Å²) < 4.78 is 5.88. The van der Waals surface area contributed by atoms with Crippen LogP contribution in [-0.2, 0) is 0 Å². The van der Waals surface area contributed by atoms with Crippen molar-refractivity contribution >= 4 is 5.69 Å². The quantitative estimate of drug-likeness (QED) is 0.921. The van der Waals surface area contributed by atoms with E-state index < -0.39 is 0 Å². The smallest absolute Gasteiger partial charge is 0.122 e. The second kappa shape index (κ2) is 7.38. The number of nitrogens with zero attached hydrogens (tertiary/aromatic N) is 2. The van der Waals surface area contributed by atoms with Crippen LogP contribution in [0.4, 0.5) is 5.69 Å². The molecule has 23 heavy (non-hydrogen) atoms. The lowest BCUT2D eigenvalue weighted by atomic mass is 10.2. The van der Waals surface area contributed by atoms with Crippen LogP contribution in [-0.4, -0.2) is 49.3 Å². The molecule has 0 amide bonds. The second-order valence-corrected chi connectivity index (χ2v) is 5.96. The number of aromatic hydroxyl groups is 1. The van der Waals surface area contributed by atoms with Crippen LogP contribution in [0.1, 0.15) is 5.56 Å². The van der Waals surface area contributed by atoms with E-state index in [-0.39, 0.29) is 0 Å². The summed E-state index contributed by atoms with van der Waals surface area (Å²) in [6.45, 7) is 7.86. The Bertz CT molecular complexity index is 620. The molecule has 0 aromatic heterocycles. The molecular weight excluding hydrogens is 288 g/mol. The molecule has 0 spiro atoms. The molecule has 0 radical (unpaired) electrons. The predicted molar refractivity (Wildman–Crippen MR) is 93.4 cm³/mol. The zero-order valence-electron chi connectivity index (χ0n) is 13.6. The summed E-state index contributed by atoms with van der Waals surface area (Å²) >= 11 is 0. The number of rotatable bonds is 5. The monoisotopic (exact) mass is 312 g/mol. The summed E-state index contributed by atoms with van der Waals surface area (Å²) in [6, 6.07) is 15.6. The summed E-state index contributed by atoms with van der Waals surface area (Å²) in [5.74, 6) is 1.30. The Morgan fingerprint density at radius 2 is 1.65 bits per heavy atom. The van der Waals surface area contributed by atoms with Crippen LogP contribution in [0.3, 0.4) is 0 Å². The fourth-order valence-electron chi connectivity index (χ4n) is 2.90. The van der Waals surface area contributed by atoms with E-state index in [9.17, 15) is 5.11 Å². The van der Waals surface area contributed by atoms with Crippen LogP contribution in [0.2, 0.25) is 0 Å².